The molecule has 118 valence electrons. The fourth-order valence-corrected chi connectivity index (χ4v) is 5.88. The Morgan fingerprint density at radius 3 is 2.45 bits per heavy atom. The van der Waals surface area contributed by atoms with Gasteiger partial charge in [-0.25, -0.2) is 13.4 Å². The Labute approximate surface area is 140 Å². The monoisotopic (exact) mass is 405 g/mol. The first kappa shape index (κ1) is 15.9. The van der Waals surface area contributed by atoms with Gasteiger partial charge >= 0.3 is 0 Å². The minimum Gasteiger partial charge on any atom is -0.354 e. The summed E-state index contributed by atoms with van der Waals surface area (Å²) < 4.78 is 40.8. The van der Waals surface area contributed by atoms with E-state index in [0.29, 0.717) is 36.2 Å². The molecule has 0 atom stereocenters. The molecular weight excluding hydrogens is 393 g/mol. The Hall–Kier alpha value is -1.03. The normalized spacial score (nSPS) is 16.9. The molecule has 3 rings (SSSR count). The van der Waals surface area contributed by atoms with Gasteiger partial charge in [-0.2, -0.15) is 8.70 Å². The lowest BCUT2D eigenvalue weighted by molar-refractivity contribution is 0.384. The van der Waals surface area contributed by atoms with E-state index in [1.54, 1.807) is 24.3 Å². The number of rotatable bonds is 3. The van der Waals surface area contributed by atoms with Gasteiger partial charge in [-0.15, -0.1) is 11.3 Å². The molecule has 2 aromatic heterocycles. The van der Waals surface area contributed by atoms with Gasteiger partial charge in [-0.1, -0.05) is 6.07 Å². The number of anilines is 1. The van der Waals surface area contributed by atoms with E-state index in [9.17, 15) is 12.8 Å². The van der Waals surface area contributed by atoms with E-state index >= 15 is 0 Å². The molecule has 0 unspecified atom stereocenters. The van der Waals surface area contributed by atoms with Crippen LogP contribution < -0.4 is 4.90 Å². The molecule has 0 radical (unpaired) electrons. The molecule has 0 N–H and O–H groups in total. The van der Waals surface area contributed by atoms with E-state index in [1.807, 2.05) is 4.90 Å². The number of halogens is 2. The van der Waals surface area contributed by atoms with Crippen molar-refractivity contribution < 1.29 is 12.8 Å². The van der Waals surface area contributed by atoms with Gasteiger partial charge in [0, 0.05) is 26.2 Å². The fraction of sp³-hybridized carbons (Fsp3) is 0.308. The van der Waals surface area contributed by atoms with Gasteiger partial charge in [-0.05, 0) is 40.2 Å². The summed E-state index contributed by atoms with van der Waals surface area (Å²) in [5, 5.41) is 0. The van der Waals surface area contributed by atoms with Crippen LogP contribution in [0.4, 0.5) is 10.2 Å². The molecule has 2 aromatic rings. The highest BCUT2D eigenvalue weighted by molar-refractivity contribution is 9.11. The van der Waals surface area contributed by atoms with Crippen molar-refractivity contribution in [3.8, 4) is 0 Å². The van der Waals surface area contributed by atoms with Gasteiger partial charge in [0.15, 0.2) is 0 Å². The quantitative estimate of drug-likeness (QED) is 0.736. The number of sulfonamides is 1. The molecule has 0 saturated carbocycles. The third-order valence-electron chi connectivity index (χ3n) is 3.41. The highest BCUT2D eigenvalue weighted by Crippen LogP contribution is 2.29. The van der Waals surface area contributed by atoms with Crippen molar-refractivity contribution in [1.29, 1.82) is 0 Å². The molecule has 9 heteroatoms. The Kier molecular flexibility index (Phi) is 4.49. The highest BCUT2D eigenvalue weighted by Gasteiger charge is 2.30. The second-order valence-electron chi connectivity index (χ2n) is 4.77. The molecular formula is C13H13BrFN3O2S2. The second-order valence-corrected chi connectivity index (χ2v) is 9.40. The Balaban J connectivity index is 1.72. The maximum Gasteiger partial charge on any atom is 0.252 e. The summed E-state index contributed by atoms with van der Waals surface area (Å²) in [5.74, 6) is 0.00639. The minimum atomic E-state index is -3.45. The Bertz CT molecular complexity index is 773. The van der Waals surface area contributed by atoms with Crippen molar-refractivity contribution in [2.24, 2.45) is 0 Å². The van der Waals surface area contributed by atoms with Crippen molar-refractivity contribution in [3.63, 3.8) is 0 Å². The molecule has 1 aliphatic rings. The maximum absolute atomic E-state index is 13.2. The van der Waals surface area contributed by atoms with E-state index in [2.05, 4.69) is 20.9 Å². The zero-order chi connectivity index (χ0) is 15.7. The predicted octanol–water partition coefficient (Wildman–Crippen LogP) is 2.56. The van der Waals surface area contributed by atoms with Crippen molar-refractivity contribution in [2.75, 3.05) is 31.1 Å². The Morgan fingerprint density at radius 1 is 1.14 bits per heavy atom. The van der Waals surface area contributed by atoms with Crippen LogP contribution in [0.2, 0.25) is 0 Å². The van der Waals surface area contributed by atoms with Crippen LogP contribution in [-0.2, 0) is 10.0 Å². The molecule has 3 heterocycles. The molecule has 22 heavy (non-hydrogen) atoms. The molecule has 1 aliphatic heterocycles. The van der Waals surface area contributed by atoms with Gasteiger partial charge < -0.3 is 4.90 Å². The maximum atomic E-state index is 13.2. The minimum absolute atomic E-state index is 0.330. The van der Waals surface area contributed by atoms with Crippen LogP contribution in [-0.4, -0.2) is 43.9 Å². The number of aromatic nitrogens is 1. The van der Waals surface area contributed by atoms with E-state index in [-0.39, 0.29) is 0 Å². The van der Waals surface area contributed by atoms with E-state index in [0.717, 1.165) is 3.79 Å². The predicted molar refractivity (Wildman–Crippen MR) is 87.2 cm³/mol. The molecule has 1 fully saturated rings. The van der Waals surface area contributed by atoms with Crippen molar-refractivity contribution in [2.45, 2.75) is 4.21 Å². The molecule has 0 aliphatic carbocycles. The van der Waals surface area contributed by atoms with Gasteiger partial charge in [0.1, 0.15) is 10.0 Å². The van der Waals surface area contributed by atoms with Crippen LogP contribution in [0.5, 0.6) is 0 Å². The highest BCUT2D eigenvalue weighted by atomic mass is 79.9. The number of piperazine rings is 1. The van der Waals surface area contributed by atoms with Gasteiger partial charge in [0.05, 0.1) is 3.79 Å². The summed E-state index contributed by atoms with van der Waals surface area (Å²) in [7, 11) is -3.45. The topological polar surface area (TPSA) is 53.5 Å². The summed E-state index contributed by atoms with van der Waals surface area (Å²) in [6.07, 6.45) is 0. The van der Waals surface area contributed by atoms with Crippen LogP contribution >= 0.6 is 27.3 Å². The summed E-state index contributed by atoms with van der Waals surface area (Å²) >= 11 is 4.48. The van der Waals surface area contributed by atoms with E-state index in [1.165, 1.54) is 21.7 Å². The van der Waals surface area contributed by atoms with Crippen molar-refractivity contribution >= 4 is 43.1 Å². The average Bonchev–Trinajstić information content (AvgIpc) is 2.95. The van der Waals surface area contributed by atoms with Crippen LogP contribution in [0.1, 0.15) is 0 Å². The number of pyridine rings is 1. The Morgan fingerprint density at radius 2 is 1.86 bits per heavy atom. The number of hydrogen-bond donors (Lipinski definition) is 0. The number of hydrogen-bond acceptors (Lipinski definition) is 5. The molecule has 5 nitrogen and oxygen atoms in total. The van der Waals surface area contributed by atoms with E-state index < -0.39 is 16.0 Å². The van der Waals surface area contributed by atoms with E-state index in [4.69, 9.17) is 0 Å². The van der Waals surface area contributed by atoms with Gasteiger partial charge in [0.2, 0.25) is 5.95 Å². The van der Waals surface area contributed by atoms with Crippen LogP contribution in [0.3, 0.4) is 0 Å². The van der Waals surface area contributed by atoms with Crippen molar-refractivity contribution in [1.82, 2.24) is 9.29 Å². The molecule has 0 spiro atoms. The largest absolute Gasteiger partial charge is 0.354 e. The van der Waals surface area contributed by atoms with Crippen LogP contribution in [0.15, 0.2) is 38.3 Å². The summed E-state index contributed by atoms with van der Waals surface area (Å²) in [4.78, 5) is 5.72. The number of thiophene rings is 1. The first-order valence-corrected chi connectivity index (χ1v) is 9.65. The van der Waals surface area contributed by atoms with Crippen LogP contribution in [0, 0.1) is 5.95 Å². The molecule has 0 bridgehead atoms. The zero-order valence-electron chi connectivity index (χ0n) is 11.4. The molecule has 0 amide bonds. The van der Waals surface area contributed by atoms with Gasteiger partial charge in [-0.3, -0.25) is 0 Å². The smallest absolute Gasteiger partial charge is 0.252 e. The summed E-state index contributed by atoms with van der Waals surface area (Å²) in [5.41, 5.74) is 0. The van der Waals surface area contributed by atoms with Gasteiger partial charge in [0.25, 0.3) is 10.0 Å². The zero-order valence-corrected chi connectivity index (χ0v) is 14.7. The first-order chi connectivity index (χ1) is 10.5. The van der Waals surface area contributed by atoms with Crippen molar-refractivity contribution in [3.05, 3.63) is 40.1 Å². The molecule has 0 aromatic carbocycles. The third-order valence-corrected chi connectivity index (χ3v) is 7.40. The summed E-state index contributed by atoms with van der Waals surface area (Å²) in [6, 6.07) is 7.95. The third kappa shape index (κ3) is 3.17. The lowest BCUT2D eigenvalue weighted by atomic mass is 10.3. The average molecular weight is 406 g/mol. The number of nitrogens with zero attached hydrogens (tertiary/aromatic N) is 3. The molecule has 1 saturated heterocycles. The second kappa shape index (κ2) is 6.23. The SMILES string of the molecule is O=S(=O)(c1ccc(Br)s1)N1CCN(c2cccc(F)n2)CC1. The van der Waals surface area contributed by atoms with Crippen LogP contribution in [0.25, 0.3) is 0 Å². The first-order valence-electron chi connectivity index (χ1n) is 6.60. The fourth-order valence-electron chi connectivity index (χ4n) is 2.29. The lowest BCUT2D eigenvalue weighted by Gasteiger charge is -2.34. The summed E-state index contributed by atoms with van der Waals surface area (Å²) in [6.45, 7) is 1.69. The lowest BCUT2D eigenvalue weighted by Crippen LogP contribution is -2.48. The standard InChI is InChI=1S/C13H13BrFN3O2S2/c14-10-4-5-13(21-10)22(19,20)18-8-6-17(7-9-18)12-3-1-2-11(15)16-12/h1-5H,6-9H2.